The molecule has 1 amide bonds. The van der Waals surface area contributed by atoms with Gasteiger partial charge in [-0.05, 0) is 39.0 Å². The van der Waals surface area contributed by atoms with Crippen molar-refractivity contribution in [1.29, 1.82) is 0 Å². The van der Waals surface area contributed by atoms with Crippen molar-refractivity contribution in [1.82, 2.24) is 20.1 Å². The van der Waals surface area contributed by atoms with Crippen molar-refractivity contribution in [3.63, 3.8) is 0 Å². The monoisotopic (exact) mass is 631 g/mol. The summed E-state index contributed by atoms with van der Waals surface area (Å²) in [5.41, 5.74) is -1.83. The van der Waals surface area contributed by atoms with Crippen molar-refractivity contribution in [3.8, 4) is 17.0 Å². The van der Waals surface area contributed by atoms with Crippen LogP contribution >= 0.6 is 11.6 Å². The molecule has 1 atom stereocenters. The minimum absolute atomic E-state index is 0.0377. The van der Waals surface area contributed by atoms with Crippen molar-refractivity contribution >= 4 is 33.2 Å². The number of ether oxygens (including phenoxy) is 1. The van der Waals surface area contributed by atoms with Crippen LogP contribution in [0.5, 0.6) is 5.75 Å². The van der Waals surface area contributed by atoms with Gasteiger partial charge in [-0.1, -0.05) is 18.5 Å². The molecule has 1 fully saturated rings. The van der Waals surface area contributed by atoms with E-state index in [1.54, 1.807) is 6.92 Å². The number of amides is 1. The number of aliphatic hydroxyl groups is 1. The first-order chi connectivity index (χ1) is 19.0. The lowest BCUT2D eigenvalue weighted by Crippen LogP contribution is -2.47. The first-order valence-corrected chi connectivity index (χ1v) is 15.1. The third-order valence-corrected chi connectivity index (χ3v) is 8.96. The second-order valence-corrected chi connectivity index (χ2v) is 12.6. The van der Waals surface area contributed by atoms with Crippen molar-refractivity contribution in [3.05, 3.63) is 23.0 Å². The molecular formula is C24H31ClF5N5O5S. The average Bonchev–Trinajstić information content (AvgIpc) is 3.20. The maximum atomic E-state index is 13.3. The van der Waals surface area contributed by atoms with Gasteiger partial charge < -0.3 is 20.5 Å². The number of aryl methyl sites for hydroxylation is 1. The van der Waals surface area contributed by atoms with Crippen LogP contribution in [-0.2, 0) is 16.4 Å². The van der Waals surface area contributed by atoms with Crippen molar-refractivity contribution in [2.75, 3.05) is 18.1 Å². The number of anilines is 1. The van der Waals surface area contributed by atoms with E-state index in [9.17, 15) is 40.3 Å². The molecule has 2 aromatic heterocycles. The Labute approximate surface area is 238 Å². The number of carbonyl (C=O) groups excluding carboxylic acids is 1. The fourth-order valence-electron chi connectivity index (χ4n) is 4.61. The summed E-state index contributed by atoms with van der Waals surface area (Å²) in [6, 6.07) is -1.11. The van der Waals surface area contributed by atoms with Crippen LogP contribution < -0.4 is 15.4 Å². The van der Waals surface area contributed by atoms with Gasteiger partial charge in [0.2, 0.25) is 0 Å². The molecule has 0 saturated heterocycles. The molecule has 41 heavy (non-hydrogen) atoms. The number of hydrogen-bond donors (Lipinski definition) is 3. The van der Waals surface area contributed by atoms with Crippen molar-refractivity contribution in [2.45, 2.75) is 82.2 Å². The zero-order valence-corrected chi connectivity index (χ0v) is 24.0. The van der Waals surface area contributed by atoms with E-state index < -0.39 is 51.2 Å². The summed E-state index contributed by atoms with van der Waals surface area (Å²) in [4.78, 5) is 16.9. The minimum atomic E-state index is -4.62. The van der Waals surface area contributed by atoms with Gasteiger partial charge in [0.1, 0.15) is 27.4 Å². The molecule has 230 valence electrons. The first-order valence-electron chi connectivity index (χ1n) is 12.7. The Kier molecular flexibility index (Phi) is 10.1. The van der Waals surface area contributed by atoms with Gasteiger partial charge in [0, 0.05) is 31.6 Å². The molecule has 0 radical (unpaired) electrons. The number of nitrogens with zero attached hydrogens (tertiary/aromatic N) is 3. The van der Waals surface area contributed by atoms with E-state index in [-0.39, 0.29) is 73.0 Å². The number of pyridine rings is 1. The minimum Gasteiger partial charge on any atom is -0.434 e. The molecule has 1 saturated carbocycles. The smallest absolute Gasteiger partial charge is 0.408 e. The zero-order valence-electron chi connectivity index (χ0n) is 22.4. The number of hydrogen-bond acceptors (Lipinski definition) is 8. The molecule has 0 aliphatic heterocycles. The molecule has 17 heteroatoms. The summed E-state index contributed by atoms with van der Waals surface area (Å²) in [6.07, 6.45) is -2.11. The zero-order chi connectivity index (χ0) is 30.8. The van der Waals surface area contributed by atoms with E-state index in [0.29, 0.717) is 0 Å². The van der Waals surface area contributed by atoms with Gasteiger partial charge in [0.15, 0.2) is 5.69 Å². The Balaban J connectivity index is 1.88. The van der Waals surface area contributed by atoms with Crippen molar-refractivity contribution < 1.29 is 45.0 Å². The molecule has 2 aromatic rings. The summed E-state index contributed by atoms with van der Waals surface area (Å²) in [5.74, 6) is -1.71. The van der Waals surface area contributed by atoms with E-state index >= 15 is 0 Å². The summed E-state index contributed by atoms with van der Waals surface area (Å²) < 4.78 is 95.5. The highest BCUT2D eigenvalue weighted by Gasteiger charge is 2.39. The summed E-state index contributed by atoms with van der Waals surface area (Å²) in [6.45, 7) is -0.525. The fraction of sp³-hybridized carbons (Fsp3) is 0.625. The predicted octanol–water partition coefficient (Wildman–Crippen LogP) is 4.42. The van der Waals surface area contributed by atoms with Crippen LogP contribution in [0.1, 0.15) is 56.4 Å². The van der Waals surface area contributed by atoms with Crippen LogP contribution in [0.4, 0.5) is 27.8 Å². The number of nitrogens with one attached hydrogen (secondary N) is 2. The average molecular weight is 632 g/mol. The Morgan fingerprint density at radius 1 is 1.29 bits per heavy atom. The number of halogens is 6. The lowest BCUT2D eigenvalue weighted by Gasteiger charge is -2.35. The molecular weight excluding hydrogens is 601 g/mol. The molecule has 0 bridgehead atoms. The third-order valence-electron chi connectivity index (χ3n) is 6.92. The predicted molar refractivity (Wildman–Crippen MR) is 141 cm³/mol. The lowest BCUT2D eigenvalue weighted by molar-refractivity contribution is -0.142. The normalized spacial score (nSPS) is 20.6. The van der Waals surface area contributed by atoms with Gasteiger partial charge in [-0.2, -0.15) is 27.1 Å². The number of alkyl halides is 5. The Bertz CT molecular complexity index is 1350. The molecule has 3 N–H and O–H groups in total. The number of sulfone groups is 1. The Morgan fingerprint density at radius 2 is 1.93 bits per heavy atom. The van der Waals surface area contributed by atoms with Gasteiger partial charge in [0.05, 0.1) is 27.1 Å². The largest absolute Gasteiger partial charge is 0.434 e. The van der Waals surface area contributed by atoms with E-state index in [1.165, 1.54) is 11.6 Å². The number of rotatable bonds is 11. The highest BCUT2D eigenvalue weighted by molar-refractivity contribution is 7.91. The summed E-state index contributed by atoms with van der Waals surface area (Å²) >= 11 is 6.47. The lowest BCUT2D eigenvalue weighted by atomic mass is 9.84. The van der Waals surface area contributed by atoms with Gasteiger partial charge in [-0.15, -0.1) is 0 Å². The topological polar surface area (TPSA) is 135 Å². The quantitative estimate of drug-likeness (QED) is 0.310. The molecule has 0 unspecified atom stereocenters. The van der Waals surface area contributed by atoms with Crippen molar-refractivity contribution in [2.24, 2.45) is 0 Å². The van der Waals surface area contributed by atoms with Crippen LogP contribution in [0.3, 0.4) is 0 Å². The summed E-state index contributed by atoms with van der Waals surface area (Å²) in [7, 11) is -3.26. The molecule has 2 heterocycles. The third kappa shape index (κ3) is 7.97. The first kappa shape index (κ1) is 32.8. The van der Waals surface area contributed by atoms with Crippen LogP contribution in [0, 0.1) is 0 Å². The highest BCUT2D eigenvalue weighted by Crippen LogP contribution is 2.39. The van der Waals surface area contributed by atoms with E-state index in [4.69, 9.17) is 11.6 Å². The maximum Gasteiger partial charge on any atom is 0.408 e. The molecule has 10 nitrogen and oxygen atoms in total. The van der Waals surface area contributed by atoms with Crippen LogP contribution in [0.15, 0.2) is 12.3 Å². The van der Waals surface area contributed by atoms with Crippen LogP contribution in [0.2, 0.25) is 5.02 Å². The Morgan fingerprint density at radius 3 is 2.44 bits per heavy atom. The molecule has 1 aliphatic carbocycles. The highest BCUT2D eigenvalue weighted by atomic mass is 35.5. The van der Waals surface area contributed by atoms with E-state index in [1.807, 2.05) is 0 Å². The molecule has 0 spiro atoms. The second kappa shape index (κ2) is 12.7. The second-order valence-electron chi connectivity index (χ2n) is 9.85. The van der Waals surface area contributed by atoms with E-state index in [2.05, 4.69) is 25.5 Å². The number of aromatic nitrogens is 3. The van der Waals surface area contributed by atoms with Gasteiger partial charge in [-0.25, -0.2) is 13.4 Å². The standard InChI is InChI=1S/C24H31ClF5N5O5S/c1-4-16(24(28,29)30)33-17-10-15(40-22(26)27)14(11-31-17)20-18(25)19(34-35(20)5-2)21(36)32-12-23(37)8-6-13(7-9-23)41(3,38)39/h10-11,13,16,22,37H,4-9,12H2,1-3H3,(H,31,33)(H,32,36)/t13?,16-,23?/m1/s1. The molecule has 3 rings (SSSR count). The van der Waals surface area contributed by atoms with Crippen LogP contribution in [-0.4, -0.2) is 76.7 Å². The van der Waals surface area contributed by atoms with Gasteiger partial charge in [-0.3, -0.25) is 9.48 Å². The summed E-state index contributed by atoms with van der Waals surface area (Å²) in [5, 5.41) is 18.8. The number of carbonyl (C=O) groups is 1. The van der Waals surface area contributed by atoms with Crippen LogP contribution in [0.25, 0.3) is 11.3 Å². The van der Waals surface area contributed by atoms with Gasteiger partial charge >= 0.3 is 12.8 Å². The Hall–Kier alpha value is -2.72. The fourth-order valence-corrected chi connectivity index (χ4v) is 6.03. The molecule has 1 aliphatic rings. The van der Waals surface area contributed by atoms with E-state index in [0.717, 1.165) is 18.5 Å². The SMILES string of the molecule is CC[C@@H](Nc1cc(OC(F)F)c(-c2c(Cl)c(C(=O)NCC3(O)CCC(S(C)(=O)=O)CC3)nn2CC)cn1)C(F)(F)F. The maximum absolute atomic E-state index is 13.3. The molecule has 0 aromatic carbocycles. The van der Waals surface area contributed by atoms with Gasteiger partial charge in [0.25, 0.3) is 5.91 Å².